The van der Waals surface area contributed by atoms with Gasteiger partial charge in [-0.05, 0) is 32.0 Å². The minimum atomic E-state index is -0.643. The molecule has 5 nitrogen and oxygen atoms in total. The Bertz CT molecular complexity index is 474. The molecule has 0 spiro atoms. The molecule has 0 fully saturated rings. The lowest BCUT2D eigenvalue weighted by Crippen LogP contribution is -2.26. The Balaban J connectivity index is 2.24. The zero-order valence-electron chi connectivity index (χ0n) is 12.3. The van der Waals surface area contributed by atoms with Crippen molar-refractivity contribution in [1.29, 1.82) is 5.26 Å². The third kappa shape index (κ3) is 7.30. The van der Waals surface area contributed by atoms with Gasteiger partial charge >= 0.3 is 0 Å². The van der Waals surface area contributed by atoms with Crippen LogP contribution in [-0.4, -0.2) is 43.7 Å². The second kappa shape index (κ2) is 9.59. The van der Waals surface area contributed by atoms with E-state index in [1.165, 1.54) is 0 Å². The molecule has 1 rings (SSSR count). The summed E-state index contributed by atoms with van der Waals surface area (Å²) in [7, 11) is 0. The SMILES string of the molecule is CC(C)OCCOCC(O)CNc1ccc(C#N)cc1Cl. The Morgan fingerprint density at radius 3 is 2.76 bits per heavy atom. The maximum atomic E-state index is 9.79. The molecule has 0 radical (unpaired) electrons. The Labute approximate surface area is 130 Å². The molecule has 0 amide bonds. The number of ether oxygens (including phenoxy) is 2. The fourth-order valence-corrected chi connectivity index (χ4v) is 1.82. The summed E-state index contributed by atoms with van der Waals surface area (Å²) >= 11 is 6.02. The predicted octanol–water partition coefficient (Wildman–Crippen LogP) is 2.43. The Kier molecular flexibility index (Phi) is 8.09. The topological polar surface area (TPSA) is 74.5 Å². The van der Waals surface area contributed by atoms with Gasteiger partial charge in [-0.2, -0.15) is 5.26 Å². The summed E-state index contributed by atoms with van der Waals surface area (Å²) < 4.78 is 10.6. The number of anilines is 1. The molecule has 0 heterocycles. The summed E-state index contributed by atoms with van der Waals surface area (Å²) in [5.74, 6) is 0. The molecule has 1 aromatic carbocycles. The first-order valence-corrected chi connectivity index (χ1v) is 7.21. The highest BCUT2D eigenvalue weighted by molar-refractivity contribution is 6.33. The monoisotopic (exact) mass is 312 g/mol. The number of nitrogens with one attached hydrogen (secondary N) is 1. The summed E-state index contributed by atoms with van der Waals surface area (Å²) in [5.41, 5.74) is 1.18. The minimum absolute atomic E-state index is 0.179. The first-order chi connectivity index (χ1) is 10.0. The molecular formula is C15H21ClN2O3. The molecule has 1 aromatic rings. The van der Waals surface area contributed by atoms with Crippen LogP contribution in [0.25, 0.3) is 0 Å². The second-order valence-corrected chi connectivity index (χ2v) is 5.24. The first-order valence-electron chi connectivity index (χ1n) is 6.84. The lowest BCUT2D eigenvalue weighted by atomic mass is 10.2. The molecular weight excluding hydrogens is 292 g/mol. The zero-order valence-corrected chi connectivity index (χ0v) is 13.1. The van der Waals surface area contributed by atoms with E-state index in [-0.39, 0.29) is 12.7 Å². The lowest BCUT2D eigenvalue weighted by molar-refractivity contribution is -0.00734. The highest BCUT2D eigenvalue weighted by atomic mass is 35.5. The van der Waals surface area contributed by atoms with Crippen LogP contribution in [0.3, 0.4) is 0 Å². The number of hydrogen-bond acceptors (Lipinski definition) is 5. The normalized spacial score (nSPS) is 12.2. The van der Waals surface area contributed by atoms with Gasteiger partial charge in [-0.1, -0.05) is 11.6 Å². The number of halogens is 1. The molecule has 0 aliphatic carbocycles. The zero-order chi connectivity index (χ0) is 15.7. The maximum Gasteiger partial charge on any atom is 0.0992 e. The van der Waals surface area contributed by atoms with Crippen LogP contribution in [0.15, 0.2) is 18.2 Å². The molecule has 0 saturated carbocycles. The Hall–Kier alpha value is -1.32. The number of benzene rings is 1. The number of hydrogen-bond donors (Lipinski definition) is 2. The van der Waals surface area contributed by atoms with Crippen molar-refractivity contribution in [1.82, 2.24) is 0 Å². The highest BCUT2D eigenvalue weighted by Gasteiger charge is 2.07. The fraction of sp³-hybridized carbons (Fsp3) is 0.533. The van der Waals surface area contributed by atoms with E-state index in [1.54, 1.807) is 18.2 Å². The van der Waals surface area contributed by atoms with Gasteiger partial charge in [-0.25, -0.2) is 0 Å². The van der Waals surface area contributed by atoms with Gasteiger partial charge in [0.15, 0.2) is 0 Å². The Morgan fingerprint density at radius 1 is 1.38 bits per heavy atom. The number of nitriles is 1. The van der Waals surface area contributed by atoms with Gasteiger partial charge in [0.1, 0.15) is 0 Å². The van der Waals surface area contributed by atoms with Crippen LogP contribution in [0.1, 0.15) is 19.4 Å². The van der Waals surface area contributed by atoms with Crippen molar-refractivity contribution < 1.29 is 14.6 Å². The smallest absolute Gasteiger partial charge is 0.0992 e. The van der Waals surface area contributed by atoms with Crippen molar-refractivity contribution in [2.45, 2.75) is 26.1 Å². The quantitative estimate of drug-likeness (QED) is 0.685. The van der Waals surface area contributed by atoms with Gasteiger partial charge in [-0.3, -0.25) is 0 Å². The molecule has 0 bridgehead atoms. The molecule has 21 heavy (non-hydrogen) atoms. The molecule has 116 valence electrons. The van der Waals surface area contributed by atoms with Crippen molar-refractivity contribution in [2.24, 2.45) is 0 Å². The average molecular weight is 313 g/mol. The first kappa shape index (κ1) is 17.7. The average Bonchev–Trinajstić information content (AvgIpc) is 2.45. The number of nitrogens with zero attached hydrogens (tertiary/aromatic N) is 1. The molecule has 1 atom stereocenters. The summed E-state index contributed by atoms with van der Waals surface area (Å²) in [6, 6.07) is 6.97. The standard InChI is InChI=1S/C15H21ClN2O3/c1-11(2)21-6-5-20-10-13(19)9-18-15-4-3-12(8-17)7-14(15)16/h3-4,7,11,13,18-19H,5-6,9-10H2,1-2H3. The number of rotatable bonds is 9. The van der Waals surface area contributed by atoms with Gasteiger partial charge < -0.3 is 19.9 Å². The van der Waals surface area contributed by atoms with E-state index in [0.717, 1.165) is 0 Å². The molecule has 1 unspecified atom stereocenters. The van der Waals surface area contributed by atoms with E-state index in [2.05, 4.69) is 5.32 Å². The maximum absolute atomic E-state index is 9.79. The third-order valence-corrected chi connectivity index (χ3v) is 2.93. The van der Waals surface area contributed by atoms with Crippen molar-refractivity contribution in [3.8, 4) is 6.07 Å². The van der Waals surface area contributed by atoms with Gasteiger partial charge in [0.25, 0.3) is 0 Å². The fourth-order valence-electron chi connectivity index (χ4n) is 1.58. The van der Waals surface area contributed by atoms with Crippen molar-refractivity contribution in [2.75, 3.05) is 31.7 Å². The number of aliphatic hydroxyl groups is 1. The minimum Gasteiger partial charge on any atom is -0.389 e. The molecule has 6 heteroatoms. The van der Waals surface area contributed by atoms with Crippen molar-refractivity contribution in [3.63, 3.8) is 0 Å². The van der Waals surface area contributed by atoms with Crippen LogP contribution in [0, 0.1) is 11.3 Å². The third-order valence-electron chi connectivity index (χ3n) is 2.62. The summed E-state index contributed by atoms with van der Waals surface area (Å²) in [5, 5.41) is 22.0. The summed E-state index contributed by atoms with van der Waals surface area (Å²) in [6.07, 6.45) is -0.463. The Morgan fingerprint density at radius 2 is 2.14 bits per heavy atom. The van der Waals surface area contributed by atoms with Gasteiger partial charge in [0, 0.05) is 6.54 Å². The molecule has 0 saturated heterocycles. The number of aliphatic hydroxyl groups excluding tert-OH is 1. The van der Waals surface area contributed by atoms with Gasteiger partial charge in [0.2, 0.25) is 0 Å². The van der Waals surface area contributed by atoms with Crippen LogP contribution in [0.5, 0.6) is 0 Å². The van der Waals surface area contributed by atoms with Crippen LogP contribution in [-0.2, 0) is 9.47 Å². The van der Waals surface area contributed by atoms with Crippen molar-refractivity contribution in [3.05, 3.63) is 28.8 Å². The molecule has 2 N–H and O–H groups in total. The van der Waals surface area contributed by atoms with E-state index >= 15 is 0 Å². The molecule has 0 aromatic heterocycles. The van der Waals surface area contributed by atoms with E-state index in [9.17, 15) is 5.11 Å². The largest absolute Gasteiger partial charge is 0.389 e. The van der Waals surface area contributed by atoms with Crippen LogP contribution in [0.4, 0.5) is 5.69 Å². The molecule has 0 aliphatic heterocycles. The summed E-state index contributed by atoms with van der Waals surface area (Å²) in [6.45, 7) is 5.42. The van der Waals surface area contributed by atoms with Crippen LogP contribution < -0.4 is 5.32 Å². The van der Waals surface area contributed by atoms with E-state index in [1.807, 2.05) is 19.9 Å². The summed E-state index contributed by atoms with van der Waals surface area (Å²) in [4.78, 5) is 0. The van der Waals surface area contributed by atoms with Crippen molar-refractivity contribution >= 4 is 17.3 Å². The lowest BCUT2D eigenvalue weighted by Gasteiger charge is -2.14. The van der Waals surface area contributed by atoms with Gasteiger partial charge in [0.05, 0.1) is 54.4 Å². The van der Waals surface area contributed by atoms with Gasteiger partial charge in [-0.15, -0.1) is 0 Å². The molecule has 0 aliphatic rings. The van der Waals surface area contributed by atoms with Crippen LogP contribution in [0.2, 0.25) is 5.02 Å². The van der Waals surface area contributed by atoms with E-state index < -0.39 is 6.10 Å². The van der Waals surface area contributed by atoms with E-state index in [0.29, 0.717) is 36.0 Å². The second-order valence-electron chi connectivity index (χ2n) is 4.84. The van der Waals surface area contributed by atoms with Crippen LogP contribution >= 0.6 is 11.6 Å². The highest BCUT2D eigenvalue weighted by Crippen LogP contribution is 2.22. The predicted molar refractivity (Wildman–Crippen MR) is 82.6 cm³/mol. The van der Waals surface area contributed by atoms with E-state index in [4.69, 9.17) is 26.3 Å².